The minimum Gasteiger partial charge on any atom is -0.508 e. The molecule has 0 saturated heterocycles. The van der Waals surface area contributed by atoms with E-state index in [2.05, 4.69) is 0 Å². The van der Waals surface area contributed by atoms with Gasteiger partial charge in [-0.15, -0.1) is 0 Å². The Bertz CT molecular complexity index is 573. The van der Waals surface area contributed by atoms with Crippen molar-refractivity contribution in [2.24, 2.45) is 0 Å². The van der Waals surface area contributed by atoms with Crippen molar-refractivity contribution in [2.45, 2.75) is 0 Å². The van der Waals surface area contributed by atoms with Gasteiger partial charge in [0, 0.05) is 17.7 Å². The van der Waals surface area contributed by atoms with Crippen molar-refractivity contribution in [3.63, 3.8) is 0 Å². The molecule has 18 heavy (non-hydrogen) atoms. The molecule has 0 aliphatic heterocycles. The van der Waals surface area contributed by atoms with Gasteiger partial charge in [0.25, 0.3) is 0 Å². The van der Waals surface area contributed by atoms with Crippen LogP contribution in [-0.2, 0) is 0 Å². The summed E-state index contributed by atoms with van der Waals surface area (Å²) in [6.45, 7) is 0. The van der Waals surface area contributed by atoms with Crippen LogP contribution in [0.25, 0.3) is 6.08 Å². The Morgan fingerprint density at radius 3 is 2.39 bits per heavy atom. The number of furan rings is 1. The third-order valence-electron chi connectivity index (χ3n) is 2.30. The lowest BCUT2D eigenvalue weighted by atomic mass is 10.1. The molecule has 0 unspecified atom stereocenters. The maximum absolute atomic E-state index is 11.8. The smallest absolute Gasteiger partial charge is 0.193 e. The molecule has 5 heteroatoms. The number of allylic oxidation sites excluding steroid dienone is 1. The molecule has 3 N–H and O–H groups in total. The van der Waals surface area contributed by atoms with E-state index >= 15 is 0 Å². The van der Waals surface area contributed by atoms with Gasteiger partial charge in [0.15, 0.2) is 5.78 Å². The summed E-state index contributed by atoms with van der Waals surface area (Å²) in [6.07, 6.45) is 5.58. The molecule has 0 radical (unpaired) electrons. The summed E-state index contributed by atoms with van der Waals surface area (Å²) in [7, 11) is 0. The van der Waals surface area contributed by atoms with Crippen molar-refractivity contribution in [3.8, 4) is 17.2 Å². The minimum atomic E-state index is -0.578. The second kappa shape index (κ2) is 4.67. The van der Waals surface area contributed by atoms with Crippen molar-refractivity contribution in [1.29, 1.82) is 0 Å². The number of phenolic OH excluding ortho intramolecular Hbond substituents is 3. The lowest BCUT2D eigenvalue weighted by Crippen LogP contribution is -1.95. The van der Waals surface area contributed by atoms with E-state index < -0.39 is 17.3 Å². The van der Waals surface area contributed by atoms with Gasteiger partial charge >= 0.3 is 0 Å². The largest absolute Gasteiger partial charge is 0.508 e. The second-order valence-corrected chi connectivity index (χ2v) is 3.61. The van der Waals surface area contributed by atoms with Gasteiger partial charge in [-0.2, -0.15) is 0 Å². The average molecular weight is 246 g/mol. The van der Waals surface area contributed by atoms with Crippen LogP contribution in [0.2, 0.25) is 0 Å². The first-order valence-corrected chi connectivity index (χ1v) is 5.07. The molecule has 0 atom stereocenters. The third-order valence-corrected chi connectivity index (χ3v) is 2.30. The highest BCUT2D eigenvalue weighted by Crippen LogP contribution is 2.32. The molecule has 1 aromatic heterocycles. The first-order valence-electron chi connectivity index (χ1n) is 5.07. The fourth-order valence-electron chi connectivity index (χ4n) is 1.47. The topological polar surface area (TPSA) is 90.9 Å². The summed E-state index contributed by atoms with van der Waals surface area (Å²) in [5.41, 5.74) is 0.425. The quantitative estimate of drug-likeness (QED) is 0.571. The van der Waals surface area contributed by atoms with Crippen molar-refractivity contribution in [1.82, 2.24) is 0 Å². The van der Waals surface area contributed by atoms with Crippen molar-refractivity contribution >= 4 is 11.9 Å². The predicted octanol–water partition coefficient (Wildman–Crippen LogP) is 2.29. The van der Waals surface area contributed by atoms with Crippen LogP contribution >= 0.6 is 0 Å². The number of ketones is 1. The molecule has 5 nitrogen and oxygen atoms in total. The van der Waals surface area contributed by atoms with Gasteiger partial charge in [0.2, 0.25) is 0 Å². The summed E-state index contributed by atoms with van der Waals surface area (Å²) in [5, 5.41) is 28.1. The molecule has 0 aliphatic carbocycles. The fraction of sp³-hybridized carbons (Fsp3) is 0. The highest BCUT2D eigenvalue weighted by atomic mass is 16.3. The molecule has 0 spiro atoms. The molecule has 0 saturated carbocycles. The van der Waals surface area contributed by atoms with E-state index in [0.29, 0.717) is 5.56 Å². The van der Waals surface area contributed by atoms with Gasteiger partial charge in [-0.05, 0) is 18.2 Å². The highest BCUT2D eigenvalue weighted by Gasteiger charge is 2.15. The molecule has 2 aromatic rings. The number of benzene rings is 1. The zero-order chi connectivity index (χ0) is 13.1. The Morgan fingerprint density at radius 2 is 1.83 bits per heavy atom. The Morgan fingerprint density at radius 1 is 1.17 bits per heavy atom. The molecular formula is C13H10O5. The summed E-state index contributed by atoms with van der Waals surface area (Å²) in [6, 6.07) is 3.62. The summed E-state index contributed by atoms with van der Waals surface area (Å²) >= 11 is 0. The van der Waals surface area contributed by atoms with Crippen molar-refractivity contribution < 1.29 is 24.5 Å². The first-order chi connectivity index (χ1) is 8.58. The average Bonchev–Trinajstić information content (AvgIpc) is 2.77. The van der Waals surface area contributed by atoms with Gasteiger partial charge in [-0.3, -0.25) is 4.79 Å². The molecule has 92 valence electrons. The van der Waals surface area contributed by atoms with Crippen LogP contribution in [0.1, 0.15) is 15.9 Å². The molecule has 0 aliphatic rings. The fourth-order valence-corrected chi connectivity index (χ4v) is 1.47. The summed E-state index contributed by atoms with van der Waals surface area (Å²) in [5.74, 6) is -1.85. The summed E-state index contributed by atoms with van der Waals surface area (Å²) < 4.78 is 4.82. The van der Waals surface area contributed by atoms with Crippen molar-refractivity contribution in [3.05, 3.63) is 47.9 Å². The van der Waals surface area contributed by atoms with Crippen LogP contribution in [0, 0.1) is 0 Å². The van der Waals surface area contributed by atoms with Crippen LogP contribution in [0.3, 0.4) is 0 Å². The van der Waals surface area contributed by atoms with Gasteiger partial charge in [-0.25, -0.2) is 0 Å². The monoisotopic (exact) mass is 246 g/mol. The van der Waals surface area contributed by atoms with Crippen LogP contribution in [0.5, 0.6) is 17.2 Å². The normalized spacial score (nSPS) is 10.9. The van der Waals surface area contributed by atoms with E-state index in [9.17, 15) is 15.0 Å². The van der Waals surface area contributed by atoms with Crippen LogP contribution in [-0.4, -0.2) is 21.1 Å². The second-order valence-electron chi connectivity index (χ2n) is 3.61. The number of hydrogen-bond donors (Lipinski definition) is 3. The molecule has 0 fully saturated rings. The van der Waals surface area contributed by atoms with E-state index in [1.807, 2.05) is 0 Å². The van der Waals surface area contributed by atoms with E-state index in [0.717, 1.165) is 12.1 Å². The van der Waals surface area contributed by atoms with Gasteiger partial charge in [0.05, 0.1) is 12.5 Å². The first kappa shape index (κ1) is 11.8. The van der Waals surface area contributed by atoms with Gasteiger partial charge < -0.3 is 19.7 Å². The molecule has 1 aromatic carbocycles. The minimum absolute atomic E-state index is 0.257. The Kier molecular flexibility index (Phi) is 3.05. The number of phenols is 3. The highest BCUT2D eigenvalue weighted by molar-refractivity contribution is 6.10. The molecule has 2 rings (SSSR count). The maximum Gasteiger partial charge on any atom is 0.193 e. The van der Waals surface area contributed by atoms with Crippen LogP contribution in [0.15, 0.2) is 41.2 Å². The van der Waals surface area contributed by atoms with Gasteiger partial charge in [-0.1, -0.05) is 0 Å². The number of aromatic hydroxyl groups is 3. The SMILES string of the molecule is O=C(/C=C/c1ccoc1)c1c(O)cc(O)cc1O. The van der Waals surface area contributed by atoms with Crippen LogP contribution in [0.4, 0.5) is 0 Å². The molecule has 0 amide bonds. The Hall–Kier alpha value is -2.69. The zero-order valence-electron chi connectivity index (χ0n) is 9.20. The lowest BCUT2D eigenvalue weighted by Gasteiger charge is -2.04. The predicted molar refractivity (Wildman–Crippen MR) is 63.5 cm³/mol. The zero-order valence-corrected chi connectivity index (χ0v) is 9.20. The number of rotatable bonds is 3. The van der Waals surface area contributed by atoms with Gasteiger partial charge in [0.1, 0.15) is 22.8 Å². The van der Waals surface area contributed by atoms with E-state index in [1.165, 1.54) is 24.7 Å². The Balaban J connectivity index is 2.30. The Labute approximate surface area is 102 Å². The standard InChI is InChI=1S/C13H10O5/c14-9-5-11(16)13(12(17)6-9)10(15)2-1-8-3-4-18-7-8/h1-7,14,16-17H/b2-1+. The number of carbonyl (C=O) groups is 1. The number of carbonyl (C=O) groups excluding carboxylic acids is 1. The van der Waals surface area contributed by atoms with E-state index in [4.69, 9.17) is 9.52 Å². The molecule has 0 bridgehead atoms. The van der Waals surface area contributed by atoms with E-state index in [1.54, 1.807) is 6.07 Å². The summed E-state index contributed by atoms with van der Waals surface area (Å²) in [4.78, 5) is 11.8. The number of hydrogen-bond acceptors (Lipinski definition) is 5. The maximum atomic E-state index is 11.8. The van der Waals surface area contributed by atoms with Crippen LogP contribution < -0.4 is 0 Å². The van der Waals surface area contributed by atoms with E-state index in [-0.39, 0.29) is 11.3 Å². The molecular weight excluding hydrogens is 236 g/mol. The van der Waals surface area contributed by atoms with Crippen molar-refractivity contribution in [2.75, 3.05) is 0 Å². The molecule has 1 heterocycles. The third kappa shape index (κ3) is 2.35. The lowest BCUT2D eigenvalue weighted by molar-refractivity contribution is 0.104.